The number of benzene rings is 1. The summed E-state index contributed by atoms with van der Waals surface area (Å²) in [5.41, 5.74) is 4.06. The van der Waals surface area contributed by atoms with Crippen LogP contribution in [0.5, 0.6) is 0 Å². The number of nitrogens with two attached hydrogens (primary N) is 1. The molecule has 0 radical (unpaired) electrons. The molecule has 0 aliphatic carbocycles. The highest BCUT2D eigenvalue weighted by molar-refractivity contribution is 7.94. The quantitative estimate of drug-likeness (QED) is 0.469. The average Bonchev–Trinajstić information content (AvgIpc) is 2.12. The van der Waals surface area contributed by atoms with Crippen molar-refractivity contribution in [2.24, 2.45) is 0 Å². The van der Waals surface area contributed by atoms with E-state index in [1.807, 2.05) is 0 Å². The summed E-state index contributed by atoms with van der Waals surface area (Å²) in [4.78, 5) is 8.48. The van der Waals surface area contributed by atoms with Gasteiger partial charge in [-0.1, -0.05) is 0 Å². The van der Waals surface area contributed by atoms with Crippen LogP contribution in [0.4, 0.5) is 11.4 Å². The van der Waals surface area contributed by atoms with E-state index in [1.54, 1.807) is 0 Å². The van der Waals surface area contributed by atoms with Crippen molar-refractivity contribution in [3.8, 4) is 0 Å². The van der Waals surface area contributed by atoms with Crippen molar-refractivity contribution < 1.29 is 21.8 Å². The van der Waals surface area contributed by atoms with Crippen LogP contribution >= 0.6 is 0 Å². The van der Waals surface area contributed by atoms with Gasteiger partial charge < -0.3 is 5.73 Å². The van der Waals surface area contributed by atoms with E-state index in [0.29, 0.717) is 0 Å². The number of nitrogen functional groups attached to an aromatic ring is 1. The molecule has 0 atom stereocenters. The van der Waals surface area contributed by atoms with E-state index in [9.17, 15) is 26.9 Å². The molecule has 0 saturated carbocycles. The van der Waals surface area contributed by atoms with Gasteiger partial charge in [-0.2, -0.15) is 0 Å². The van der Waals surface area contributed by atoms with Gasteiger partial charge in [-0.05, 0) is 6.07 Å². The lowest BCUT2D eigenvalue weighted by molar-refractivity contribution is -0.384. The van der Waals surface area contributed by atoms with Crippen molar-refractivity contribution in [2.75, 3.05) is 18.2 Å². The number of anilines is 1. The van der Waals surface area contributed by atoms with Crippen LogP contribution < -0.4 is 5.73 Å². The summed E-state index contributed by atoms with van der Waals surface area (Å²) in [6.07, 6.45) is 1.53. The van der Waals surface area contributed by atoms with E-state index in [4.69, 9.17) is 5.73 Å². The number of sulfone groups is 2. The molecule has 0 aromatic heterocycles. The lowest BCUT2D eigenvalue weighted by Gasteiger charge is -2.09. The zero-order valence-electron chi connectivity index (χ0n) is 9.45. The molecule has 100 valence electrons. The summed E-state index contributed by atoms with van der Waals surface area (Å²) in [6, 6.07) is 1.72. The molecule has 0 bridgehead atoms. The molecule has 2 N–H and O–H groups in total. The molecule has 0 aliphatic heterocycles. The Hall–Kier alpha value is -1.68. The van der Waals surface area contributed by atoms with Crippen molar-refractivity contribution in [1.29, 1.82) is 0 Å². The molecule has 1 aromatic carbocycles. The smallest absolute Gasteiger partial charge is 0.293 e. The van der Waals surface area contributed by atoms with Crippen LogP contribution in [0, 0.1) is 10.1 Å². The minimum Gasteiger partial charge on any atom is -0.392 e. The van der Waals surface area contributed by atoms with Crippen molar-refractivity contribution in [3.63, 3.8) is 0 Å². The molecular formula is C8H10N2O6S2. The Kier molecular flexibility index (Phi) is 3.36. The fourth-order valence-corrected chi connectivity index (χ4v) is 4.01. The minimum absolute atomic E-state index is 0.548. The van der Waals surface area contributed by atoms with Gasteiger partial charge in [0.2, 0.25) is 0 Å². The Morgan fingerprint density at radius 2 is 1.61 bits per heavy atom. The number of nitrogens with zero attached hydrogens (tertiary/aromatic N) is 1. The SMILES string of the molecule is CS(=O)(=O)c1ccc([N+](=O)[O-])c(N)c1S(C)(=O)=O. The van der Waals surface area contributed by atoms with Crippen LogP contribution in [-0.4, -0.2) is 34.3 Å². The highest BCUT2D eigenvalue weighted by Crippen LogP contribution is 2.34. The maximum atomic E-state index is 11.5. The summed E-state index contributed by atoms with van der Waals surface area (Å²) in [6.45, 7) is 0. The number of hydrogen-bond acceptors (Lipinski definition) is 7. The standard InChI is InChI=1S/C8H10N2O6S2/c1-17(13,14)6-4-3-5(10(11)12)7(9)8(6)18(2,15)16/h3-4H,9H2,1-2H3. The Morgan fingerprint density at radius 3 is 1.94 bits per heavy atom. The number of nitro groups is 1. The van der Waals surface area contributed by atoms with Crippen LogP contribution in [0.2, 0.25) is 0 Å². The van der Waals surface area contributed by atoms with Gasteiger partial charge in [0.05, 0.1) is 9.82 Å². The molecule has 0 amide bonds. The zero-order valence-corrected chi connectivity index (χ0v) is 11.1. The number of rotatable bonds is 3. The third kappa shape index (κ3) is 2.59. The zero-order chi connectivity index (χ0) is 14.3. The highest BCUT2D eigenvalue weighted by Gasteiger charge is 2.28. The van der Waals surface area contributed by atoms with E-state index in [1.165, 1.54) is 0 Å². The van der Waals surface area contributed by atoms with E-state index in [0.717, 1.165) is 24.6 Å². The summed E-state index contributed by atoms with van der Waals surface area (Å²) in [5, 5.41) is 10.6. The van der Waals surface area contributed by atoms with Crippen molar-refractivity contribution in [2.45, 2.75) is 9.79 Å². The van der Waals surface area contributed by atoms with Gasteiger partial charge in [0, 0.05) is 18.6 Å². The second-order valence-electron chi connectivity index (χ2n) is 3.63. The summed E-state index contributed by atoms with van der Waals surface area (Å²) >= 11 is 0. The monoisotopic (exact) mass is 294 g/mol. The van der Waals surface area contributed by atoms with Crippen LogP contribution in [0.15, 0.2) is 21.9 Å². The average molecular weight is 294 g/mol. The van der Waals surface area contributed by atoms with Crippen LogP contribution in [0.3, 0.4) is 0 Å². The molecule has 0 saturated heterocycles. The van der Waals surface area contributed by atoms with Gasteiger partial charge in [0.25, 0.3) is 5.69 Å². The third-order valence-electron chi connectivity index (χ3n) is 2.10. The Bertz CT molecular complexity index is 720. The second-order valence-corrected chi connectivity index (χ2v) is 7.56. The molecular weight excluding hydrogens is 284 g/mol. The third-order valence-corrected chi connectivity index (χ3v) is 4.55. The van der Waals surface area contributed by atoms with E-state index in [2.05, 4.69) is 0 Å². The number of nitro benzene ring substituents is 1. The molecule has 0 heterocycles. The molecule has 10 heteroatoms. The molecule has 0 spiro atoms. The fourth-order valence-electron chi connectivity index (χ4n) is 1.40. The predicted octanol–water partition coefficient (Wildman–Crippen LogP) is -0.0160. The Labute approximate surface area is 103 Å². The van der Waals surface area contributed by atoms with Gasteiger partial charge in [0.15, 0.2) is 19.7 Å². The largest absolute Gasteiger partial charge is 0.392 e. The van der Waals surface area contributed by atoms with E-state index in [-0.39, 0.29) is 0 Å². The molecule has 0 unspecified atom stereocenters. The van der Waals surface area contributed by atoms with E-state index < -0.39 is 45.8 Å². The first-order chi connectivity index (χ1) is 7.96. The molecule has 1 rings (SSSR count). The van der Waals surface area contributed by atoms with Crippen molar-refractivity contribution in [1.82, 2.24) is 0 Å². The van der Waals surface area contributed by atoms with Crippen LogP contribution in [0.1, 0.15) is 0 Å². The van der Waals surface area contributed by atoms with Gasteiger partial charge in [0.1, 0.15) is 10.6 Å². The van der Waals surface area contributed by atoms with Gasteiger partial charge in [-0.15, -0.1) is 0 Å². The normalized spacial score (nSPS) is 12.3. The summed E-state index contributed by atoms with van der Waals surface area (Å²) < 4.78 is 45.9. The van der Waals surface area contributed by atoms with E-state index >= 15 is 0 Å². The number of hydrogen-bond donors (Lipinski definition) is 1. The maximum Gasteiger partial charge on any atom is 0.293 e. The molecule has 0 fully saturated rings. The maximum absolute atomic E-state index is 11.5. The molecule has 8 nitrogen and oxygen atoms in total. The lowest BCUT2D eigenvalue weighted by Crippen LogP contribution is -2.12. The molecule has 1 aromatic rings. The molecule has 0 aliphatic rings. The predicted molar refractivity (Wildman–Crippen MR) is 63.7 cm³/mol. The van der Waals surface area contributed by atoms with Crippen LogP contribution in [0.25, 0.3) is 0 Å². The van der Waals surface area contributed by atoms with Crippen molar-refractivity contribution >= 4 is 31.0 Å². The second kappa shape index (κ2) is 4.21. The van der Waals surface area contributed by atoms with Crippen molar-refractivity contribution in [3.05, 3.63) is 22.2 Å². The van der Waals surface area contributed by atoms with Gasteiger partial charge >= 0.3 is 0 Å². The minimum atomic E-state index is -4.01. The summed E-state index contributed by atoms with van der Waals surface area (Å²) in [7, 11) is -7.88. The Balaban J connectivity index is 3.92. The fraction of sp³-hybridized carbons (Fsp3) is 0.250. The van der Waals surface area contributed by atoms with Gasteiger partial charge in [-0.3, -0.25) is 10.1 Å². The Morgan fingerprint density at radius 1 is 1.11 bits per heavy atom. The van der Waals surface area contributed by atoms with Crippen LogP contribution in [-0.2, 0) is 19.7 Å². The van der Waals surface area contributed by atoms with Gasteiger partial charge in [-0.25, -0.2) is 16.8 Å². The first-order valence-electron chi connectivity index (χ1n) is 4.43. The topological polar surface area (TPSA) is 137 Å². The lowest BCUT2D eigenvalue weighted by atomic mass is 10.3. The first-order valence-corrected chi connectivity index (χ1v) is 8.21. The molecule has 18 heavy (non-hydrogen) atoms. The first kappa shape index (κ1) is 14.4. The highest BCUT2D eigenvalue weighted by atomic mass is 32.2. The summed E-state index contributed by atoms with van der Waals surface area (Å²) in [5.74, 6) is 0.